The average molecular weight is 180 g/mol. The first-order valence-electron chi connectivity index (χ1n) is 4.96. The number of hydrogen-bond donors (Lipinski definition) is 1. The summed E-state index contributed by atoms with van der Waals surface area (Å²) in [6.45, 7) is 2.97. The van der Waals surface area contributed by atoms with Gasteiger partial charge in [0.15, 0.2) is 0 Å². The minimum absolute atomic E-state index is 0.287. The van der Waals surface area contributed by atoms with Crippen molar-refractivity contribution in [3.05, 3.63) is 12.2 Å². The molecule has 2 rings (SSSR count). The van der Waals surface area contributed by atoms with Crippen molar-refractivity contribution in [2.24, 2.45) is 5.73 Å². The van der Waals surface area contributed by atoms with Gasteiger partial charge in [0, 0.05) is 18.5 Å². The van der Waals surface area contributed by atoms with E-state index in [0.29, 0.717) is 5.92 Å². The minimum atomic E-state index is 0.287. The van der Waals surface area contributed by atoms with E-state index in [4.69, 9.17) is 5.73 Å². The number of nitrogens with two attached hydrogens (primary N) is 1. The van der Waals surface area contributed by atoms with Gasteiger partial charge in [-0.3, -0.25) is 4.68 Å². The molecule has 2 atom stereocenters. The van der Waals surface area contributed by atoms with Crippen LogP contribution < -0.4 is 5.73 Å². The molecule has 0 spiro atoms. The van der Waals surface area contributed by atoms with Crippen LogP contribution in [-0.4, -0.2) is 20.8 Å². The van der Waals surface area contributed by atoms with Crippen LogP contribution in [0.15, 0.2) is 6.33 Å². The highest BCUT2D eigenvalue weighted by molar-refractivity contribution is 5.03. The maximum absolute atomic E-state index is 6.01. The number of hydrogen-bond acceptors (Lipinski definition) is 3. The Morgan fingerprint density at radius 1 is 1.62 bits per heavy atom. The molecule has 1 fully saturated rings. The van der Waals surface area contributed by atoms with Crippen LogP contribution in [0.25, 0.3) is 0 Å². The molecule has 1 saturated carbocycles. The van der Waals surface area contributed by atoms with Crippen LogP contribution in [0.4, 0.5) is 0 Å². The number of aromatic nitrogens is 3. The maximum atomic E-state index is 6.01. The Morgan fingerprint density at radius 2 is 2.46 bits per heavy atom. The van der Waals surface area contributed by atoms with Crippen LogP contribution in [0.5, 0.6) is 0 Å². The Balaban J connectivity index is 2.23. The summed E-state index contributed by atoms with van der Waals surface area (Å²) >= 11 is 0. The standard InChI is InChI=1S/C9H16N4/c1-2-13-9(11-6-12-13)7-4-3-5-8(7)10/h6-8H,2-5,10H2,1H3. The molecule has 0 saturated heterocycles. The van der Waals surface area contributed by atoms with Crippen LogP contribution in [0.1, 0.15) is 37.9 Å². The van der Waals surface area contributed by atoms with E-state index in [1.807, 2.05) is 4.68 Å². The number of rotatable bonds is 2. The van der Waals surface area contributed by atoms with Crippen LogP contribution >= 0.6 is 0 Å². The van der Waals surface area contributed by atoms with Gasteiger partial charge in [-0.15, -0.1) is 0 Å². The van der Waals surface area contributed by atoms with E-state index >= 15 is 0 Å². The van der Waals surface area contributed by atoms with E-state index in [1.54, 1.807) is 6.33 Å². The van der Waals surface area contributed by atoms with Crippen LogP contribution in [0, 0.1) is 0 Å². The first kappa shape index (κ1) is 8.69. The van der Waals surface area contributed by atoms with Gasteiger partial charge in [0.05, 0.1) is 0 Å². The second-order valence-electron chi connectivity index (χ2n) is 3.64. The van der Waals surface area contributed by atoms with Crippen molar-refractivity contribution in [3.63, 3.8) is 0 Å². The highest BCUT2D eigenvalue weighted by Gasteiger charge is 2.28. The summed E-state index contributed by atoms with van der Waals surface area (Å²) in [6.07, 6.45) is 5.15. The van der Waals surface area contributed by atoms with Gasteiger partial charge in [0.1, 0.15) is 12.2 Å². The zero-order chi connectivity index (χ0) is 9.26. The SMILES string of the molecule is CCn1ncnc1C1CCCC1N. The van der Waals surface area contributed by atoms with Gasteiger partial charge >= 0.3 is 0 Å². The second kappa shape index (κ2) is 3.46. The van der Waals surface area contributed by atoms with Gasteiger partial charge in [-0.1, -0.05) is 6.42 Å². The van der Waals surface area contributed by atoms with E-state index in [2.05, 4.69) is 17.0 Å². The molecular formula is C9H16N4. The quantitative estimate of drug-likeness (QED) is 0.735. The third kappa shape index (κ3) is 1.46. The zero-order valence-electron chi connectivity index (χ0n) is 7.98. The van der Waals surface area contributed by atoms with Gasteiger partial charge in [-0.05, 0) is 19.8 Å². The molecule has 1 aliphatic rings. The Morgan fingerprint density at radius 3 is 3.08 bits per heavy atom. The topological polar surface area (TPSA) is 56.7 Å². The fourth-order valence-corrected chi connectivity index (χ4v) is 2.11. The normalized spacial score (nSPS) is 28.2. The van der Waals surface area contributed by atoms with Gasteiger partial charge in [0.2, 0.25) is 0 Å². The molecule has 13 heavy (non-hydrogen) atoms. The highest BCUT2D eigenvalue weighted by atomic mass is 15.3. The third-order valence-corrected chi connectivity index (χ3v) is 2.85. The molecule has 1 heterocycles. The van der Waals surface area contributed by atoms with Gasteiger partial charge in [-0.25, -0.2) is 4.98 Å². The second-order valence-corrected chi connectivity index (χ2v) is 3.64. The minimum Gasteiger partial charge on any atom is -0.327 e. The lowest BCUT2D eigenvalue weighted by Gasteiger charge is -2.14. The average Bonchev–Trinajstić information content (AvgIpc) is 2.71. The Bertz CT molecular complexity index is 281. The molecule has 1 aliphatic carbocycles. The van der Waals surface area contributed by atoms with Gasteiger partial charge in [0.25, 0.3) is 0 Å². The summed E-state index contributed by atoms with van der Waals surface area (Å²) < 4.78 is 1.95. The fraction of sp³-hybridized carbons (Fsp3) is 0.778. The summed E-state index contributed by atoms with van der Waals surface area (Å²) in [5.74, 6) is 1.51. The van der Waals surface area contributed by atoms with E-state index in [0.717, 1.165) is 18.8 Å². The van der Waals surface area contributed by atoms with Gasteiger partial charge < -0.3 is 5.73 Å². The molecule has 0 amide bonds. The molecule has 0 radical (unpaired) electrons. The molecule has 0 aliphatic heterocycles. The fourth-order valence-electron chi connectivity index (χ4n) is 2.11. The van der Waals surface area contributed by atoms with Crippen molar-refractivity contribution in [2.45, 2.75) is 44.7 Å². The first-order chi connectivity index (χ1) is 6.33. The summed E-state index contributed by atoms with van der Waals surface area (Å²) in [5, 5.41) is 4.16. The van der Waals surface area contributed by atoms with Gasteiger partial charge in [-0.2, -0.15) is 5.10 Å². The van der Waals surface area contributed by atoms with Crippen molar-refractivity contribution < 1.29 is 0 Å². The first-order valence-corrected chi connectivity index (χ1v) is 4.96. The Hall–Kier alpha value is -0.900. The molecule has 1 aromatic heterocycles. The zero-order valence-corrected chi connectivity index (χ0v) is 7.98. The van der Waals surface area contributed by atoms with Crippen LogP contribution in [0.3, 0.4) is 0 Å². The molecule has 2 unspecified atom stereocenters. The monoisotopic (exact) mass is 180 g/mol. The molecule has 2 N–H and O–H groups in total. The molecule has 0 aromatic carbocycles. The van der Waals surface area contributed by atoms with E-state index in [-0.39, 0.29) is 6.04 Å². The number of nitrogens with zero attached hydrogens (tertiary/aromatic N) is 3. The molecule has 0 bridgehead atoms. The number of aryl methyl sites for hydroxylation is 1. The van der Waals surface area contributed by atoms with Crippen LogP contribution in [0.2, 0.25) is 0 Å². The Labute approximate surface area is 78.1 Å². The van der Waals surface area contributed by atoms with Crippen molar-refractivity contribution in [3.8, 4) is 0 Å². The summed E-state index contributed by atoms with van der Waals surface area (Å²) in [7, 11) is 0. The summed E-state index contributed by atoms with van der Waals surface area (Å²) in [6, 6.07) is 0.287. The summed E-state index contributed by atoms with van der Waals surface area (Å²) in [4.78, 5) is 4.29. The molecule has 72 valence electrons. The van der Waals surface area contributed by atoms with Crippen molar-refractivity contribution in [1.29, 1.82) is 0 Å². The van der Waals surface area contributed by atoms with Crippen molar-refractivity contribution in [1.82, 2.24) is 14.8 Å². The van der Waals surface area contributed by atoms with E-state index in [1.165, 1.54) is 12.8 Å². The van der Waals surface area contributed by atoms with E-state index in [9.17, 15) is 0 Å². The largest absolute Gasteiger partial charge is 0.327 e. The van der Waals surface area contributed by atoms with Crippen LogP contribution in [-0.2, 0) is 6.54 Å². The van der Waals surface area contributed by atoms with Crippen molar-refractivity contribution >= 4 is 0 Å². The highest BCUT2D eigenvalue weighted by Crippen LogP contribution is 2.31. The lowest BCUT2D eigenvalue weighted by Crippen LogP contribution is -2.25. The lowest BCUT2D eigenvalue weighted by molar-refractivity contribution is 0.519. The molecule has 4 nitrogen and oxygen atoms in total. The molecule has 4 heteroatoms. The van der Waals surface area contributed by atoms with E-state index < -0.39 is 0 Å². The molecular weight excluding hydrogens is 164 g/mol. The predicted octanol–water partition coefficient (Wildman–Crippen LogP) is 0.893. The molecule has 1 aromatic rings. The van der Waals surface area contributed by atoms with Crippen molar-refractivity contribution in [2.75, 3.05) is 0 Å². The third-order valence-electron chi connectivity index (χ3n) is 2.85. The predicted molar refractivity (Wildman–Crippen MR) is 50.3 cm³/mol. The Kier molecular flexibility index (Phi) is 2.31. The lowest BCUT2D eigenvalue weighted by atomic mass is 10.0. The maximum Gasteiger partial charge on any atom is 0.138 e. The summed E-state index contributed by atoms with van der Waals surface area (Å²) in [5.41, 5.74) is 6.01. The smallest absolute Gasteiger partial charge is 0.138 e.